The Hall–Kier alpha value is -2.72. The quantitative estimate of drug-likeness (QED) is 0.664. The van der Waals surface area contributed by atoms with Crippen molar-refractivity contribution in [1.82, 2.24) is 14.1 Å². The highest BCUT2D eigenvalue weighted by molar-refractivity contribution is 7.89. The summed E-state index contributed by atoms with van der Waals surface area (Å²) in [5.41, 5.74) is 0.00259. The van der Waals surface area contributed by atoms with Crippen LogP contribution in [0.25, 0.3) is 0 Å². The SMILES string of the molecule is CCCn1nc(C(=O)Nc2cc(S(=O)(=O)N3CCCCC3)ccc2OCC)ccc1=O. The smallest absolute Gasteiger partial charge is 0.276 e. The molecule has 0 bridgehead atoms. The molecule has 1 saturated heterocycles. The number of carbonyl (C=O) groups excluding carboxylic acids is 1. The molecule has 9 nitrogen and oxygen atoms in total. The van der Waals surface area contributed by atoms with Gasteiger partial charge in [-0.2, -0.15) is 9.40 Å². The number of amides is 1. The number of aromatic nitrogens is 2. The number of piperidine rings is 1. The number of benzene rings is 1. The van der Waals surface area contributed by atoms with Gasteiger partial charge < -0.3 is 10.1 Å². The molecular formula is C21H28N4O5S. The lowest BCUT2D eigenvalue weighted by Crippen LogP contribution is -2.35. The third kappa shape index (κ3) is 5.31. The molecule has 0 saturated carbocycles. The van der Waals surface area contributed by atoms with Crippen LogP contribution in [0.3, 0.4) is 0 Å². The first-order valence-electron chi connectivity index (χ1n) is 10.5. The van der Waals surface area contributed by atoms with Crippen molar-refractivity contribution in [3.05, 3.63) is 46.4 Å². The summed E-state index contributed by atoms with van der Waals surface area (Å²) >= 11 is 0. The number of aryl methyl sites for hydroxylation is 1. The molecule has 10 heteroatoms. The van der Waals surface area contributed by atoms with Gasteiger partial charge >= 0.3 is 0 Å². The van der Waals surface area contributed by atoms with Gasteiger partial charge in [0.05, 0.1) is 17.2 Å². The van der Waals surface area contributed by atoms with Crippen LogP contribution in [0.4, 0.5) is 5.69 Å². The van der Waals surface area contributed by atoms with Crippen molar-refractivity contribution < 1.29 is 17.9 Å². The second kappa shape index (κ2) is 10.1. The highest BCUT2D eigenvalue weighted by Crippen LogP contribution is 2.30. The minimum absolute atomic E-state index is 0.0554. The molecule has 2 heterocycles. The van der Waals surface area contributed by atoms with Crippen LogP contribution in [0.15, 0.2) is 40.0 Å². The van der Waals surface area contributed by atoms with Crippen LogP contribution in [0.2, 0.25) is 0 Å². The fourth-order valence-electron chi connectivity index (χ4n) is 3.43. The Kier molecular flexibility index (Phi) is 7.45. The molecule has 1 N–H and O–H groups in total. The van der Waals surface area contributed by atoms with E-state index in [0.717, 1.165) is 19.3 Å². The number of ether oxygens (including phenoxy) is 1. The van der Waals surface area contributed by atoms with E-state index in [1.807, 2.05) is 6.92 Å². The predicted molar refractivity (Wildman–Crippen MR) is 117 cm³/mol. The second-order valence-corrected chi connectivity index (χ2v) is 9.23. The average molecular weight is 449 g/mol. The van der Waals surface area contributed by atoms with Crippen LogP contribution in [-0.2, 0) is 16.6 Å². The van der Waals surface area contributed by atoms with E-state index in [2.05, 4.69) is 10.4 Å². The van der Waals surface area contributed by atoms with Gasteiger partial charge in [-0.05, 0) is 50.5 Å². The maximum atomic E-state index is 13.0. The zero-order valence-electron chi connectivity index (χ0n) is 17.8. The zero-order valence-corrected chi connectivity index (χ0v) is 18.7. The van der Waals surface area contributed by atoms with Gasteiger partial charge in [-0.3, -0.25) is 9.59 Å². The molecule has 1 aromatic carbocycles. The average Bonchev–Trinajstić information content (AvgIpc) is 2.77. The van der Waals surface area contributed by atoms with E-state index in [1.165, 1.54) is 33.3 Å². The Balaban J connectivity index is 1.92. The van der Waals surface area contributed by atoms with E-state index in [1.54, 1.807) is 13.0 Å². The zero-order chi connectivity index (χ0) is 22.4. The monoisotopic (exact) mass is 448 g/mol. The Bertz CT molecular complexity index is 1090. The molecule has 1 aliphatic rings. The van der Waals surface area contributed by atoms with Gasteiger partial charge in [0.1, 0.15) is 11.4 Å². The summed E-state index contributed by atoms with van der Waals surface area (Å²) in [6.45, 7) is 5.42. The van der Waals surface area contributed by atoms with Crippen molar-refractivity contribution >= 4 is 21.6 Å². The summed E-state index contributed by atoms with van der Waals surface area (Å²) in [6.07, 6.45) is 3.38. The van der Waals surface area contributed by atoms with Crippen molar-refractivity contribution in [2.24, 2.45) is 0 Å². The van der Waals surface area contributed by atoms with Gasteiger partial charge in [0, 0.05) is 25.7 Å². The summed E-state index contributed by atoms with van der Waals surface area (Å²) in [7, 11) is -3.67. The van der Waals surface area contributed by atoms with E-state index < -0.39 is 15.9 Å². The van der Waals surface area contributed by atoms with Gasteiger partial charge in [-0.15, -0.1) is 0 Å². The highest BCUT2D eigenvalue weighted by Gasteiger charge is 2.27. The number of sulfonamides is 1. The number of rotatable bonds is 8. The van der Waals surface area contributed by atoms with Gasteiger partial charge in [0.2, 0.25) is 10.0 Å². The molecule has 0 unspecified atom stereocenters. The standard InChI is InChI=1S/C21H28N4O5S/c1-3-12-25-20(26)11-9-17(23-25)21(27)22-18-15-16(8-10-19(18)30-4-2)31(28,29)24-13-6-5-7-14-24/h8-11,15H,3-7,12-14H2,1-2H3,(H,22,27). The van der Waals surface area contributed by atoms with E-state index in [9.17, 15) is 18.0 Å². The topological polar surface area (TPSA) is 111 Å². The molecule has 31 heavy (non-hydrogen) atoms. The van der Waals surface area contributed by atoms with E-state index in [0.29, 0.717) is 38.4 Å². The van der Waals surface area contributed by atoms with Crippen molar-refractivity contribution in [1.29, 1.82) is 0 Å². The number of hydrogen-bond acceptors (Lipinski definition) is 6. The van der Waals surface area contributed by atoms with Crippen molar-refractivity contribution in [2.45, 2.75) is 51.0 Å². The number of anilines is 1. The fraction of sp³-hybridized carbons (Fsp3) is 0.476. The predicted octanol–water partition coefficient (Wildman–Crippen LogP) is 2.48. The molecule has 1 fully saturated rings. The van der Waals surface area contributed by atoms with Crippen LogP contribution >= 0.6 is 0 Å². The van der Waals surface area contributed by atoms with Crippen molar-refractivity contribution in [3.8, 4) is 5.75 Å². The largest absolute Gasteiger partial charge is 0.492 e. The summed E-state index contributed by atoms with van der Waals surface area (Å²) in [4.78, 5) is 24.8. The van der Waals surface area contributed by atoms with Crippen molar-refractivity contribution in [3.63, 3.8) is 0 Å². The van der Waals surface area contributed by atoms with E-state index in [-0.39, 0.29) is 21.8 Å². The third-order valence-electron chi connectivity index (χ3n) is 4.99. The number of carbonyl (C=O) groups is 1. The van der Waals surface area contributed by atoms with Crippen LogP contribution in [-0.4, -0.2) is 48.1 Å². The molecule has 0 aliphatic carbocycles. The Morgan fingerprint density at radius 3 is 2.55 bits per heavy atom. The first-order valence-corrected chi connectivity index (χ1v) is 12.0. The normalized spacial score (nSPS) is 14.9. The van der Waals surface area contributed by atoms with Crippen LogP contribution in [0, 0.1) is 0 Å². The molecule has 0 atom stereocenters. The second-order valence-electron chi connectivity index (χ2n) is 7.29. The maximum Gasteiger partial charge on any atom is 0.276 e. The third-order valence-corrected chi connectivity index (χ3v) is 6.88. The highest BCUT2D eigenvalue weighted by atomic mass is 32.2. The first kappa shape index (κ1) is 23.0. The number of hydrogen-bond donors (Lipinski definition) is 1. The van der Waals surface area contributed by atoms with E-state index in [4.69, 9.17) is 4.74 Å². The summed E-state index contributed by atoms with van der Waals surface area (Å²) < 4.78 is 34.4. The molecule has 1 aliphatic heterocycles. The summed E-state index contributed by atoms with van der Waals surface area (Å²) in [5.74, 6) is -0.200. The lowest BCUT2D eigenvalue weighted by molar-refractivity contribution is 0.101. The minimum atomic E-state index is -3.67. The van der Waals surface area contributed by atoms with Crippen LogP contribution in [0.1, 0.15) is 50.0 Å². The molecule has 1 amide bonds. The number of nitrogens with zero attached hydrogens (tertiary/aromatic N) is 3. The first-order chi connectivity index (χ1) is 14.9. The molecular weight excluding hydrogens is 420 g/mol. The molecule has 3 rings (SSSR count). The molecule has 0 radical (unpaired) electrons. The summed E-state index contributed by atoms with van der Waals surface area (Å²) in [6, 6.07) is 7.08. The van der Waals surface area contributed by atoms with Crippen LogP contribution < -0.4 is 15.6 Å². The Morgan fingerprint density at radius 1 is 1.13 bits per heavy atom. The van der Waals surface area contributed by atoms with Gasteiger partial charge in [0.15, 0.2) is 0 Å². The Labute approximate surface area is 182 Å². The summed E-state index contributed by atoms with van der Waals surface area (Å²) in [5, 5.41) is 6.79. The van der Waals surface area contributed by atoms with Crippen LogP contribution in [0.5, 0.6) is 5.75 Å². The molecule has 168 valence electrons. The molecule has 0 spiro atoms. The lowest BCUT2D eigenvalue weighted by atomic mass is 10.2. The van der Waals surface area contributed by atoms with Crippen molar-refractivity contribution in [2.75, 3.05) is 25.0 Å². The van der Waals surface area contributed by atoms with Gasteiger partial charge in [-0.1, -0.05) is 13.3 Å². The lowest BCUT2D eigenvalue weighted by Gasteiger charge is -2.26. The molecule has 2 aromatic rings. The molecule has 1 aromatic heterocycles. The number of nitrogens with one attached hydrogen (secondary N) is 1. The van der Waals surface area contributed by atoms with E-state index >= 15 is 0 Å². The Morgan fingerprint density at radius 2 is 1.87 bits per heavy atom. The maximum absolute atomic E-state index is 13.0. The fourth-order valence-corrected chi connectivity index (χ4v) is 4.98. The van der Waals surface area contributed by atoms with Gasteiger partial charge in [0.25, 0.3) is 11.5 Å². The minimum Gasteiger partial charge on any atom is -0.492 e. The van der Waals surface area contributed by atoms with Gasteiger partial charge in [-0.25, -0.2) is 13.1 Å².